The molecule has 1 aliphatic carbocycles. The molecule has 0 aromatic rings. The van der Waals surface area contributed by atoms with Crippen LogP contribution >= 0.6 is 0 Å². The van der Waals surface area contributed by atoms with E-state index < -0.39 is 6.98 Å². The first-order valence-corrected chi connectivity index (χ1v) is 3.81. The average Bonchev–Trinajstić information content (AvgIpc) is 2.03. The molecule has 0 aromatic heterocycles. The topological polar surface area (TPSA) is 29.1 Å². The molecule has 0 saturated heterocycles. The van der Waals surface area contributed by atoms with Crippen molar-refractivity contribution in [3.8, 4) is 0 Å². The quantitative estimate of drug-likeness (QED) is 0.590. The molecule has 0 atom stereocenters. The van der Waals surface area contributed by atoms with Gasteiger partial charge in [-0.1, -0.05) is 19.3 Å². The zero-order chi connectivity index (χ0) is 9.90. The molecular weight excluding hydrogens is 126 g/mol. The highest BCUT2D eigenvalue weighted by Gasteiger charge is 2.19. The zero-order valence-electron chi connectivity index (χ0n) is 9.02. The molecule has 0 aliphatic heterocycles. The highest BCUT2D eigenvalue weighted by molar-refractivity contribution is 5.78. The zero-order valence-corrected chi connectivity index (χ0v) is 6.02. The maximum absolute atomic E-state index is 11.3. The summed E-state index contributed by atoms with van der Waals surface area (Å²) in [5.41, 5.74) is 0. The van der Waals surface area contributed by atoms with Crippen molar-refractivity contribution in [2.45, 2.75) is 32.1 Å². The van der Waals surface area contributed by atoms with E-state index >= 15 is 0 Å². The molecule has 1 aliphatic rings. The second-order valence-electron chi connectivity index (χ2n) is 2.82. The van der Waals surface area contributed by atoms with E-state index in [0.717, 1.165) is 32.1 Å². The molecule has 2 nitrogen and oxygen atoms in total. The molecule has 1 rings (SSSR count). The van der Waals surface area contributed by atoms with Crippen LogP contribution in [0.4, 0.5) is 0 Å². The number of amides is 1. The van der Waals surface area contributed by atoms with E-state index in [0.29, 0.717) is 0 Å². The van der Waals surface area contributed by atoms with Gasteiger partial charge in [0.2, 0.25) is 5.91 Å². The lowest BCUT2D eigenvalue weighted by Crippen LogP contribution is -2.28. The predicted octanol–water partition coefficient (Wildman–Crippen LogP) is 1.31. The SMILES string of the molecule is [2H]C([2H])([2H])NC(=O)C1CCCCC1. The fourth-order valence-corrected chi connectivity index (χ4v) is 1.47. The highest BCUT2D eigenvalue weighted by atomic mass is 16.1. The van der Waals surface area contributed by atoms with Crippen molar-refractivity contribution in [2.75, 3.05) is 6.98 Å². The number of carbonyl (C=O) groups excluding carboxylic acids is 1. The number of rotatable bonds is 1. The molecule has 0 aromatic carbocycles. The molecule has 0 radical (unpaired) electrons. The van der Waals surface area contributed by atoms with Gasteiger partial charge in [-0.05, 0) is 12.8 Å². The van der Waals surface area contributed by atoms with Crippen molar-refractivity contribution in [3.05, 3.63) is 0 Å². The van der Waals surface area contributed by atoms with E-state index in [9.17, 15) is 4.79 Å². The first-order chi connectivity index (χ1) is 5.99. The average molecular weight is 144 g/mol. The van der Waals surface area contributed by atoms with Crippen LogP contribution < -0.4 is 5.32 Å². The van der Waals surface area contributed by atoms with Gasteiger partial charge in [0.1, 0.15) is 0 Å². The van der Waals surface area contributed by atoms with Crippen LogP contribution in [0.1, 0.15) is 36.2 Å². The van der Waals surface area contributed by atoms with Crippen molar-refractivity contribution in [1.29, 1.82) is 0 Å². The van der Waals surface area contributed by atoms with E-state index in [1.165, 1.54) is 0 Å². The summed E-state index contributed by atoms with van der Waals surface area (Å²) in [6.45, 7) is -2.32. The second kappa shape index (κ2) is 3.59. The Kier molecular flexibility index (Phi) is 1.57. The molecular formula is C8H15NO. The Morgan fingerprint density at radius 3 is 2.80 bits per heavy atom. The minimum atomic E-state index is -2.32. The Hall–Kier alpha value is -0.530. The summed E-state index contributed by atoms with van der Waals surface area (Å²) in [5.74, 6) is -0.381. The summed E-state index contributed by atoms with van der Waals surface area (Å²) in [5, 5.41) is 2.05. The van der Waals surface area contributed by atoms with E-state index in [4.69, 9.17) is 4.11 Å². The number of nitrogens with one attached hydrogen (secondary N) is 1. The smallest absolute Gasteiger partial charge is 0.222 e. The number of carbonyl (C=O) groups is 1. The number of hydrogen-bond donors (Lipinski definition) is 1. The normalized spacial score (nSPS) is 26.2. The van der Waals surface area contributed by atoms with Crippen LogP contribution in [0.25, 0.3) is 0 Å². The molecule has 0 bridgehead atoms. The van der Waals surface area contributed by atoms with Gasteiger partial charge in [0.15, 0.2) is 0 Å². The van der Waals surface area contributed by atoms with Crippen LogP contribution in [0, 0.1) is 5.92 Å². The van der Waals surface area contributed by atoms with Crippen molar-refractivity contribution < 1.29 is 8.91 Å². The number of hydrogen-bond acceptors (Lipinski definition) is 1. The molecule has 1 saturated carbocycles. The first kappa shape index (κ1) is 4.37. The molecule has 0 unspecified atom stereocenters. The van der Waals surface area contributed by atoms with Gasteiger partial charge in [0, 0.05) is 17.0 Å². The van der Waals surface area contributed by atoms with Crippen LogP contribution in [0.2, 0.25) is 0 Å². The van der Waals surface area contributed by atoms with Gasteiger partial charge in [0.25, 0.3) is 0 Å². The largest absolute Gasteiger partial charge is 0.359 e. The van der Waals surface area contributed by atoms with E-state index in [2.05, 4.69) is 0 Å². The Morgan fingerprint density at radius 2 is 2.20 bits per heavy atom. The van der Waals surface area contributed by atoms with E-state index in [-0.39, 0.29) is 11.8 Å². The summed E-state index contributed by atoms with van der Waals surface area (Å²) >= 11 is 0. The van der Waals surface area contributed by atoms with Gasteiger partial charge < -0.3 is 5.32 Å². The van der Waals surface area contributed by atoms with Crippen LogP contribution in [0.5, 0.6) is 0 Å². The standard InChI is InChI=1S/C8H15NO/c1-9-8(10)7-5-3-2-4-6-7/h7H,2-6H2,1H3,(H,9,10)/i1D3. The van der Waals surface area contributed by atoms with Crippen LogP contribution in [0.15, 0.2) is 0 Å². The van der Waals surface area contributed by atoms with Gasteiger partial charge in [0.05, 0.1) is 0 Å². The van der Waals surface area contributed by atoms with Gasteiger partial charge >= 0.3 is 0 Å². The Balaban J connectivity index is 2.38. The summed E-state index contributed by atoms with van der Waals surface area (Å²) in [6, 6.07) is 0. The monoisotopic (exact) mass is 144 g/mol. The van der Waals surface area contributed by atoms with Crippen LogP contribution in [-0.4, -0.2) is 12.9 Å². The fraction of sp³-hybridized carbons (Fsp3) is 0.875. The lowest BCUT2D eigenvalue weighted by Gasteiger charge is -2.19. The van der Waals surface area contributed by atoms with E-state index in [1.807, 2.05) is 5.32 Å². The van der Waals surface area contributed by atoms with Gasteiger partial charge in [-0.3, -0.25) is 4.79 Å². The highest BCUT2D eigenvalue weighted by Crippen LogP contribution is 2.23. The van der Waals surface area contributed by atoms with Crippen molar-refractivity contribution in [3.63, 3.8) is 0 Å². The molecule has 1 amide bonds. The summed E-state index contributed by atoms with van der Waals surface area (Å²) in [7, 11) is 0. The minimum absolute atomic E-state index is 0.0748. The minimum Gasteiger partial charge on any atom is -0.359 e. The third kappa shape index (κ3) is 1.72. The summed E-state index contributed by atoms with van der Waals surface area (Å²) in [6.07, 6.45) is 4.92. The maximum Gasteiger partial charge on any atom is 0.222 e. The summed E-state index contributed by atoms with van der Waals surface area (Å²) < 4.78 is 20.6. The van der Waals surface area contributed by atoms with Gasteiger partial charge in [-0.2, -0.15) is 0 Å². The second-order valence-corrected chi connectivity index (χ2v) is 2.82. The van der Waals surface area contributed by atoms with Crippen LogP contribution in [-0.2, 0) is 4.79 Å². The van der Waals surface area contributed by atoms with Gasteiger partial charge in [-0.15, -0.1) is 0 Å². The van der Waals surface area contributed by atoms with Gasteiger partial charge in [-0.25, -0.2) is 0 Å². The molecule has 0 spiro atoms. The lowest BCUT2D eigenvalue weighted by molar-refractivity contribution is -0.125. The first-order valence-electron chi connectivity index (χ1n) is 5.31. The molecule has 0 heterocycles. The van der Waals surface area contributed by atoms with Crippen molar-refractivity contribution in [2.24, 2.45) is 5.92 Å². The molecule has 10 heavy (non-hydrogen) atoms. The molecule has 1 N–H and O–H groups in total. The fourth-order valence-electron chi connectivity index (χ4n) is 1.47. The Morgan fingerprint density at radius 1 is 1.50 bits per heavy atom. The van der Waals surface area contributed by atoms with Crippen molar-refractivity contribution in [1.82, 2.24) is 5.32 Å². The molecule has 58 valence electrons. The maximum atomic E-state index is 11.3. The third-order valence-electron chi connectivity index (χ3n) is 2.10. The molecule has 2 heteroatoms. The Bertz CT molecular complexity index is 184. The lowest BCUT2D eigenvalue weighted by atomic mass is 9.89. The summed E-state index contributed by atoms with van der Waals surface area (Å²) in [4.78, 5) is 11.3. The van der Waals surface area contributed by atoms with Crippen molar-refractivity contribution >= 4 is 5.91 Å². The third-order valence-corrected chi connectivity index (χ3v) is 2.10. The predicted molar refractivity (Wildman–Crippen MR) is 40.6 cm³/mol. The Labute approximate surface area is 66.2 Å². The van der Waals surface area contributed by atoms with Crippen LogP contribution in [0.3, 0.4) is 0 Å². The van der Waals surface area contributed by atoms with E-state index in [1.54, 1.807) is 0 Å². The molecule has 1 fully saturated rings.